The molecular formula is C8H6FNO. The number of terminal acetylenes is 1. The zero-order chi connectivity index (χ0) is 8.27. The monoisotopic (exact) mass is 151 g/mol. The van der Waals surface area contributed by atoms with Crippen LogP contribution in [0.15, 0.2) is 12.1 Å². The van der Waals surface area contributed by atoms with Gasteiger partial charge in [-0.1, -0.05) is 0 Å². The second-order valence-electron chi connectivity index (χ2n) is 1.83. The van der Waals surface area contributed by atoms with Gasteiger partial charge in [0, 0.05) is 0 Å². The molecule has 3 heteroatoms. The highest BCUT2D eigenvalue weighted by Gasteiger charge is 2.01. The second kappa shape index (κ2) is 3.02. The molecule has 1 aromatic rings. The molecule has 0 saturated heterocycles. The van der Waals surface area contributed by atoms with Crippen LogP contribution in [0, 0.1) is 18.3 Å². The van der Waals surface area contributed by atoms with Crippen molar-refractivity contribution in [3.05, 3.63) is 23.8 Å². The summed E-state index contributed by atoms with van der Waals surface area (Å²) in [6, 6.07) is 2.64. The number of aromatic nitrogens is 1. The molecule has 0 atom stereocenters. The molecule has 0 aliphatic carbocycles. The van der Waals surface area contributed by atoms with Gasteiger partial charge in [0.2, 0.25) is 5.95 Å². The van der Waals surface area contributed by atoms with Crippen molar-refractivity contribution in [1.29, 1.82) is 0 Å². The Bertz CT molecular complexity index is 303. The van der Waals surface area contributed by atoms with E-state index in [2.05, 4.69) is 10.9 Å². The normalized spacial score (nSPS) is 8.82. The molecule has 0 unspecified atom stereocenters. The van der Waals surface area contributed by atoms with Gasteiger partial charge in [0.25, 0.3) is 0 Å². The summed E-state index contributed by atoms with van der Waals surface area (Å²) >= 11 is 0. The lowest BCUT2D eigenvalue weighted by atomic mass is 10.3. The SMILES string of the molecule is C#Cc1nc(F)ccc1OC. The average Bonchev–Trinajstić information content (AvgIpc) is 2.04. The first kappa shape index (κ1) is 7.55. The van der Waals surface area contributed by atoms with Crippen molar-refractivity contribution < 1.29 is 9.13 Å². The summed E-state index contributed by atoms with van der Waals surface area (Å²) in [5.74, 6) is 2.02. The predicted molar refractivity (Wildman–Crippen MR) is 38.7 cm³/mol. The molecule has 0 bridgehead atoms. The Morgan fingerprint density at radius 1 is 1.64 bits per heavy atom. The van der Waals surface area contributed by atoms with Gasteiger partial charge in [-0.3, -0.25) is 0 Å². The smallest absolute Gasteiger partial charge is 0.214 e. The van der Waals surface area contributed by atoms with Crippen LogP contribution < -0.4 is 4.74 Å². The molecule has 0 aliphatic rings. The summed E-state index contributed by atoms with van der Waals surface area (Å²) in [5, 5.41) is 0. The number of methoxy groups -OCH3 is 1. The van der Waals surface area contributed by atoms with Gasteiger partial charge in [0.05, 0.1) is 7.11 Å². The van der Waals surface area contributed by atoms with E-state index in [0.29, 0.717) is 5.75 Å². The molecule has 0 fully saturated rings. The minimum absolute atomic E-state index is 0.188. The topological polar surface area (TPSA) is 22.1 Å². The molecule has 56 valence electrons. The second-order valence-corrected chi connectivity index (χ2v) is 1.83. The fraction of sp³-hybridized carbons (Fsp3) is 0.125. The minimum Gasteiger partial charge on any atom is -0.494 e. The lowest BCUT2D eigenvalue weighted by Gasteiger charge is -2.00. The van der Waals surface area contributed by atoms with Crippen LogP contribution in [-0.2, 0) is 0 Å². The molecule has 0 aromatic carbocycles. The molecule has 1 aromatic heterocycles. The van der Waals surface area contributed by atoms with Crippen LogP contribution in [0.25, 0.3) is 0 Å². The Balaban J connectivity index is 3.19. The molecule has 0 N–H and O–H groups in total. The van der Waals surface area contributed by atoms with Gasteiger partial charge < -0.3 is 4.74 Å². The van der Waals surface area contributed by atoms with Crippen LogP contribution in [0.1, 0.15) is 5.69 Å². The third-order valence-electron chi connectivity index (χ3n) is 1.18. The van der Waals surface area contributed by atoms with Crippen LogP contribution in [0.3, 0.4) is 0 Å². The molecule has 0 amide bonds. The highest BCUT2D eigenvalue weighted by Crippen LogP contribution is 2.13. The van der Waals surface area contributed by atoms with Crippen LogP contribution >= 0.6 is 0 Å². The van der Waals surface area contributed by atoms with Gasteiger partial charge in [-0.15, -0.1) is 6.42 Å². The summed E-state index contributed by atoms with van der Waals surface area (Å²) in [6.45, 7) is 0. The van der Waals surface area contributed by atoms with Gasteiger partial charge in [0.1, 0.15) is 0 Å². The van der Waals surface area contributed by atoms with Crippen molar-refractivity contribution in [3.63, 3.8) is 0 Å². The molecule has 11 heavy (non-hydrogen) atoms. The predicted octanol–water partition coefficient (Wildman–Crippen LogP) is 1.21. The Morgan fingerprint density at radius 2 is 2.36 bits per heavy atom. The summed E-state index contributed by atoms with van der Waals surface area (Å²) in [5.41, 5.74) is 0.188. The van der Waals surface area contributed by atoms with Crippen LogP contribution in [-0.4, -0.2) is 12.1 Å². The fourth-order valence-corrected chi connectivity index (χ4v) is 0.691. The Labute approximate surface area is 64.0 Å². The molecule has 0 saturated carbocycles. The van der Waals surface area contributed by atoms with Gasteiger partial charge >= 0.3 is 0 Å². The molecule has 1 heterocycles. The number of nitrogens with zero attached hydrogens (tertiary/aromatic N) is 1. The van der Waals surface area contributed by atoms with Crippen LogP contribution in [0.5, 0.6) is 5.75 Å². The van der Waals surface area contributed by atoms with Crippen molar-refractivity contribution in [2.75, 3.05) is 7.11 Å². The van der Waals surface area contributed by atoms with E-state index in [4.69, 9.17) is 11.2 Å². The summed E-state index contributed by atoms with van der Waals surface area (Å²) < 4.78 is 17.2. The van der Waals surface area contributed by atoms with Crippen LogP contribution in [0.4, 0.5) is 4.39 Å². The van der Waals surface area contributed by atoms with Crippen LogP contribution in [0.2, 0.25) is 0 Å². The quantitative estimate of drug-likeness (QED) is 0.444. The van der Waals surface area contributed by atoms with Crippen molar-refractivity contribution in [1.82, 2.24) is 4.98 Å². The van der Waals surface area contributed by atoms with E-state index in [9.17, 15) is 4.39 Å². The Kier molecular flexibility index (Phi) is 2.07. The molecule has 2 nitrogen and oxygen atoms in total. The molecular weight excluding hydrogens is 145 g/mol. The number of pyridine rings is 1. The van der Waals surface area contributed by atoms with Crippen molar-refractivity contribution in [2.24, 2.45) is 0 Å². The van der Waals surface area contributed by atoms with Crippen molar-refractivity contribution >= 4 is 0 Å². The van der Waals surface area contributed by atoms with Gasteiger partial charge in [-0.2, -0.15) is 4.39 Å². The average molecular weight is 151 g/mol. The zero-order valence-electron chi connectivity index (χ0n) is 5.97. The molecule has 0 radical (unpaired) electrons. The standard InChI is InChI=1S/C8H6FNO/c1-3-6-7(11-2)4-5-8(9)10-6/h1,4-5H,2H3. The zero-order valence-corrected chi connectivity index (χ0v) is 5.97. The summed E-state index contributed by atoms with van der Waals surface area (Å²) in [6.07, 6.45) is 5.04. The van der Waals surface area contributed by atoms with E-state index in [1.54, 1.807) is 0 Å². The fourth-order valence-electron chi connectivity index (χ4n) is 0.691. The van der Waals surface area contributed by atoms with E-state index in [1.165, 1.54) is 19.2 Å². The first-order chi connectivity index (χ1) is 5.27. The van der Waals surface area contributed by atoms with E-state index in [1.807, 2.05) is 0 Å². The minimum atomic E-state index is -0.598. The molecule has 0 spiro atoms. The largest absolute Gasteiger partial charge is 0.494 e. The number of hydrogen-bond acceptors (Lipinski definition) is 2. The van der Waals surface area contributed by atoms with E-state index < -0.39 is 5.95 Å². The molecule has 0 aliphatic heterocycles. The maximum absolute atomic E-state index is 12.4. The number of halogens is 1. The van der Waals surface area contributed by atoms with E-state index >= 15 is 0 Å². The third-order valence-corrected chi connectivity index (χ3v) is 1.18. The van der Waals surface area contributed by atoms with Crippen molar-refractivity contribution in [2.45, 2.75) is 0 Å². The van der Waals surface area contributed by atoms with Gasteiger partial charge in [-0.05, 0) is 18.1 Å². The highest BCUT2D eigenvalue weighted by molar-refractivity contribution is 5.38. The first-order valence-corrected chi connectivity index (χ1v) is 2.95. The highest BCUT2D eigenvalue weighted by atomic mass is 19.1. The Morgan fingerprint density at radius 3 is 2.91 bits per heavy atom. The van der Waals surface area contributed by atoms with Gasteiger partial charge in [0.15, 0.2) is 11.4 Å². The summed E-state index contributed by atoms with van der Waals surface area (Å²) in [7, 11) is 1.45. The Hall–Kier alpha value is -1.56. The van der Waals surface area contributed by atoms with E-state index in [0.717, 1.165) is 0 Å². The lowest BCUT2D eigenvalue weighted by molar-refractivity contribution is 0.408. The lowest BCUT2D eigenvalue weighted by Crippen LogP contribution is -1.93. The number of hydrogen-bond donors (Lipinski definition) is 0. The third kappa shape index (κ3) is 1.47. The number of rotatable bonds is 1. The molecule has 1 rings (SSSR count). The number of ether oxygens (including phenoxy) is 1. The maximum Gasteiger partial charge on any atom is 0.214 e. The maximum atomic E-state index is 12.4. The van der Waals surface area contributed by atoms with Crippen molar-refractivity contribution in [3.8, 4) is 18.1 Å². The summed E-state index contributed by atoms with van der Waals surface area (Å²) in [4.78, 5) is 3.43. The first-order valence-electron chi connectivity index (χ1n) is 2.95. The van der Waals surface area contributed by atoms with Gasteiger partial charge in [-0.25, -0.2) is 4.98 Å². The van der Waals surface area contributed by atoms with E-state index in [-0.39, 0.29) is 5.69 Å².